The van der Waals surface area contributed by atoms with Crippen molar-refractivity contribution >= 4 is 5.91 Å². The lowest BCUT2D eigenvalue weighted by Crippen LogP contribution is -2.53. The van der Waals surface area contributed by atoms with Gasteiger partial charge in [0.1, 0.15) is 11.8 Å². The minimum Gasteiger partial charge on any atom is -0.393 e. The van der Waals surface area contributed by atoms with Gasteiger partial charge in [-0.1, -0.05) is 0 Å². The highest BCUT2D eigenvalue weighted by molar-refractivity contribution is 5.77. The fourth-order valence-electron chi connectivity index (χ4n) is 2.45. The number of nitrogens with zero attached hydrogens (tertiary/aromatic N) is 1. The van der Waals surface area contributed by atoms with E-state index in [9.17, 15) is 24.6 Å². The predicted molar refractivity (Wildman–Crippen MR) is 78.7 cm³/mol. The van der Waals surface area contributed by atoms with Gasteiger partial charge in [0, 0.05) is 18.2 Å². The van der Waals surface area contributed by atoms with Gasteiger partial charge in [0.25, 0.3) is 5.56 Å². The SMILES string of the molecule is Cc1cn([C@H]2CC(O)[C@](CO)(CNC(=O)CN)O2)c(=O)[nH]c1=O. The number of amides is 1. The van der Waals surface area contributed by atoms with Gasteiger partial charge in [-0.05, 0) is 6.92 Å². The van der Waals surface area contributed by atoms with Gasteiger partial charge in [0.2, 0.25) is 5.91 Å². The number of H-pyrrole nitrogens is 1. The van der Waals surface area contributed by atoms with Crippen LogP contribution in [0.25, 0.3) is 0 Å². The summed E-state index contributed by atoms with van der Waals surface area (Å²) < 4.78 is 6.79. The molecule has 0 bridgehead atoms. The average Bonchev–Trinajstić information content (AvgIpc) is 2.85. The molecule has 1 aromatic rings. The van der Waals surface area contributed by atoms with E-state index in [-0.39, 0.29) is 19.5 Å². The van der Waals surface area contributed by atoms with Crippen LogP contribution < -0.4 is 22.3 Å². The second-order valence-electron chi connectivity index (χ2n) is 5.51. The van der Waals surface area contributed by atoms with E-state index >= 15 is 0 Å². The largest absolute Gasteiger partial charge is 0.393 e. The third-order valence-corrected chi connectivity index (χ3v) is 3.90. The molecule has 1 unspecified atom stereocenters. The van der Waals surface area contributed by atoms with E-state index in [4.69, 9.17) is 10.5 Å². The Morgan fingerprint density at radius 1 is 1.61 bits per heavy atom. The Labute approximate surface area is 130 Å². The quantitative estimate of drug-likeness (QED) is 0.383. The molecule has 128 valence electrons. The number of carbonyl (C=O) groups is 1. The Morgan fingerprint density at radius 2 is 2.30 bits per heavy atom. The van der Waals surface area contributed by atoms with Gasteiger partial charge in [-0.25, -0.2) is 4.79 Å². The number of nitrogens with one attached hydrogen (secondary N) is 2. The summed E-state index contributed by atoms with van der Waals surface area (Å²) in [4.78, 5) is 36.7. The number of aromatic amines is 1. The summed E-state index contributed by atoms with van der Waals surface area (Å²) in [5, 5.41) is 22.3. The summed E-state index contributed by atoms with van der Waals surface area (Å²) in [5.74, 6) is -0.464. The number of hydrogen-bond acceptors (Lipinski definition) is 7. The molecule has 3 atom stereocenters. The van der Waals surface area contributed by atoms with Gasteiger partial charge < -0.3 is 26.0 Å². The molecule has 10 nitrogen and oxygen atoms in total. The molecule has 1 fully saturated rings. The summed E-state index contributed by atoms with van der Waals surface area (Å²) in [6, 6.07) is 0. The standard InChI is InChI=1S/C13H20N4O6/c1-7-4-17(12(22)16-11(7)21)10-2-8(19)13(6-18,23-10)5-15-9(20)3-14/h4,8,10,18-19H,2-3,5-6,14H2,1H3,(H,15,20)(H,16,21,22)/t8?,10-,13-/m1/s1. The first-order valence-corrected chi connectivity index (χ1v) is 7.08. The van der Waals surface area contributed by atoms with Crippen molar-refractivity contribution < 1.29 is 19.7 Å². The Balaban J connectivity index is 2.25. The van der Waals surface area contributed by atoms with Gasteiger partial charge in [-0.15, -0.1) is 0 Å². The number of aliphatic hydroxyl groups excluding tert-OH is 2. The minimum absolute atomic E-state index is 0.0183. The summed E-state index contributed by atoms with van der Waals surface area (Å²) >= 11 is 0. The zero-order chi connectivity index (χ0) is 17.2. The van der Waals surface area contributed by atoms with Crippen molar-refractivity contribution in [3.63, 3.8) is 0 Å². The van der Waals surface area contributed by atoms with E-state index in [0.717, 1.165) is 4.57 Å². The zero-order valence-electron chi connectivity index (χ0n) is 12.6. The Morgan fingerprint density at radius 3 is 2.91 bits per heavy atom. The van der Waals surface area contributed by atoms with E-state index in [1.165, 1.54) is 13.1 Å². The molecule has 1 amide bonds. The van der Waals surface area contributed by atoms with Crippen molar-refractivity contribution in [2.45, 2.75) is 31.3 Å². The van der Waals surface area contributed by atoms with Crippen molar-refractivity contribution in [3.05, 3.63) is 32.6 Å². The highest BCUT2D eigenvalue weighted by atomic mass is 16.6. The van der Waals surface area contributed by atoms with Crippen LogP contribution >= 0.6 is 0 Å². The van der Waals surface area contributed by atoms with E-state index in [2.05, 4.69) is 10.3 Å². The lowest BCUT2D eigenvalue weighted by atomic mass is 9.97. The molecule has 23 heavy (non-hydrogen) atoms. The van der Waals surface area contributed by atoms with Gasteiger partial charge in [-0.3, -0.25) is 19.1 Å². The van der Waals surface area contributed by atoms with Crippen LogP contribution in [0.4, 0.5) is 0 Å². The van der Waals surface area contributed by atoms with Crippen molar-refractivity contribution in [1.82, 2.24) is 14.9 Å². The lowest BCUT2D eigenvalue weighted by molar-refractivity contribution is -0.135. The minimum atomic E-state index is -1.45. The number of hydrogen-bond donors (Lipinski definition) is 5. The van der Waals surface area contributed by atoms with Crippen LogP contribution in [0.1, 0.15) is 18.2 Å². The normalized spacial score (nSPS) is 27.1. The molecular weight excluding hydrogens is 308 g/mol. The molecule has 0 radical (unpaired) electrons. The summed E-state index contributed by atoms with van der Waals surface area (Å²) in [7, 11) is 0. The van der Waals surface area contributed by atoms with E-state index < -0.39 is 41.7 Å². The maximum absolute atomic E-state index is 11.9. The smallest absolute Gasteiger partial charge is 0.330 e. The van der Waals surface area contributed by atoms with Crippen LogP contribution in [0.3, 0.4) is 0 Å². The number of aliphatic hydroxyl groups is 2. The Hall–Kier alpha value is -2.01. The molecule has 1 aliphatic rings. The van der Waals surface area contributed by atoms with E-state index in [0.29, 0.717) is 5.56 Å². The van der Waals surface area contributed by atoms with Crippen LogP contribution in [0.15, 0.2) is 15.8 Å². The van der Waals surface area contributed by atoms with Crippen molar-refractivity contribution in [1.29, 1.82) is 0 Å². The van der Waals surface area contributed by atoms with Crippen molar-refractivity contribution in [3.8, 4) is 0 Å². The Bertz CT molecular complexity index is 698. The van der Waals surface area contributed by atoms with E-state index in [1.54, 1.807) is 0 Å². The van der Waals surface area contributed by atoms with Gasteiger partial charge in [0.05, 0.1) is 25.8 Å². The zero-order valence-corrected chi connectivity index (χ0v) is 12.6. The van der Waals surface area contributed by atoms with Crippen LogP contribution in [0.2, 0.25) is 0 Å². The lowest BCUT2D eigenvalue weighted by Gasteiger charge is -2.30. The number of carbonyl (C=O) groups excluding carboxylic acids is 1. The van der Waals surface area contributed by atoms with Gasteiger partial charge in [0.15, 0.2) is 0 Å². The highest BCUT2D eigenvalue weighted by Gasteiger charge is 2.48. The van der Waals surface area contributed by atoms with Gasteiger partial charge >= 0.3 is 5.69 Å². The van der Waals surface area contributed by atoms with Crippen LogP contribution in [-0.2, 0) is 9.53 Å². The molecule has 0 aliphatic carbocycles. The second-order valence-corrected chi connectivity index (χ2v) is 5.51. The Kier molecular flexibility index (Phi) is 5.00. The summed E-state index contributed by atoms with van der Waals surface area (Å²) in [6.07, 6.45) is -0.653. The maximum atomic E-state index is 11.9. The first-order valence-electron chi connectivity index (χ1n) is 7.08. The summed E-state index contributed by atoms with van der Waals surface area (Å²) in [6.45, 7) is 0.571. The molecule has 0 aromatic carbocycles. The number of aryl methyl sites for hydroxylation is 1. The number of rotatable bonds is 5. The molecule has 2 heterocycles. The van der Waals surface area contributed by atoms with E-state index in [1.807, 2.05) is 0 Å². The van der Waals surface area contributed by atoms with Crippen molar-refractivity contribution in [2.24, 2.45) is 5.73 Å². The average molecular weight is 328 g/mol. The van der Waals surface area contributed by atoms with Gasteiger partial charge in [-0.2, -0.15) is 0 Å². The first-order chi connectivity index (χ1) is 10.8. The molecule has 2 rings (SSSR count). The van der Waals surface area contributed by atoms with Crippen LogP contribution in [-0.4, -0.2) is 57.1 Å². The highest BCUT2D eigenvalue weighted by Crippen LogP contribution is 2.35. The third-order valence-electron chi connectivity index (χ3n) is 3.90. The molecule has 0 spiro atoms. The maximum Gasteiger partial charge on any atom is 0.330 e. The molecule has 10 heteroatoms. The molecule has 6 N–H and O–H groups in total. The number of nitrogens with two attached hydrogens (primary N) is 1. The number of ether oxygens (including phenoxy) is 1. The predicted octanol–water partition coefficient (Wildman–Crippen LogP) is -3.07. The third kappa shape index (κ3) is 3.34. The fraction of sp³-hybridized carbons (Fsp3) is 0.615. The molecule has 1 aliphatic heterocycles. The fourth-order valence-corrected chi connectivity index (χ4v) is 2.45. The van der Waals surface area contributed by atoms with Crippen LogP contribution in [0.5, 0.6) is 0 Å². The topological polar surface area (TPSA) is 160 Å². The molecule has 1 aromatic heterocycles. The first kappa shape index (κ1) is 17.3. The molecule has 0 saturated carbocycles. The molecular formula is C13H20N4O6. The molecule has 1 saturated heterocycles. The monoisotopic (exact) mass is 328 g/mol. The number of aromatic nitrogens is 2. The second kappa shape index (κ2) is 6.62. The van der Waals surface area contributed by atoms with Crippen LogP contribution in [0, 0.1) is 6.92 Å². The summed E-state index contributed by atoms with van der Waals surface area (Å²) in [5.41, 5.74) is 2.86. The van der Waals surface area contributed by atoms with Crippen molar-refractivity contribution in [2.75, 3.05) is 19.7 Å².